The van der Waals surface area contributed by atoms with Crippen LogP contribution in [0, 0.1) is 19.7 Å². The zero-order valence-electron chi connectivity index (χ0n) is 14.2. The Morgan fingerprint density at radius 3 is 2.52 bits per heavy atom. The Kier molecular flexibility index (Phi) is 5.64. The minimum absolute atomic E-state index is 0.156. The molecular formula is C19H18FNO4. The van der Waals surface area contributed by atoms with E-state index < -0.39 is 17.7 Å². The molecular weight excluding hydrogens is 325 g/mol. The second-order valence-corrected chi connectivity index (χ2v) is 5.43. The highest BCUT2D eigenvalue weighted by Crippen LogP contribution is 2.28. The molecule has 0 aromatic heterocycles. The number of benzene rings is 2. The molecule has 0 atom stereocenters. The highest BCUT2D eigenvalue weighted by Gasteiger charge is 2.21. The Hall–Kier alpha value is -3.02. The third-order valence-electron chi connectivity index (χ3n) is 3.77. The van der Waals surface area contributed by atoms with Crippen LogP contribution >= 0.6 is 0 Å². The molecule has 130 valence electrons. The van der Waals surface area contributed by atoms with Crippen LogP contribution in [0.2, 0.25) is 0 Å². The number of hydrogen-bond donors (Lipinski definition) is 1. The molecule has 0 unspecified atom stereocenters. The number of amides is 1. The number of rotatable bonds is 5. The second kappa shape index (κ2) is 7.70. The summed E-state index contributed by atoms with van der Waals surface area (Å²) in [6, 6.07) is 7.00. The summed E-state index contributed by atoms with van der Waals surface area (Å²) < 4.78 is 18.8. The van der Waals surface area contributed by atoms with E-state index in [2.05, 4.69) is 5.32 Å². The predicted molar refractivity (Wildman–Crippen MR) is 91.6 cm³/mol. The van der Waals surface area contributed by atoms with Gasteiger partial charge in [0.1, 0.15) is 5.82 Å². The van der Waals surface area contributed by atoms with E-state index in [4.69, 9.17) is 4.74 Å². The smallest absolute Gasteiger partial charge is 0.338 e. The van der Waals surface area contributed by atoms with Gasteiger partial charge in [0.25, 0.3) is 5.91 Å². The van der Waals surface area contributed by atoms with Gasteiger partial charge >= 0.3 is 5.97 Å². The molecule has 1 amide bonds. The van der Waals surface area contributed by atoms with Crippen molar-refractivity contribution in [3.05, 3.63) is 64.0 Å². The molecule has 0 aliphatic heterocycles. The minimum atomic E-state index is -0.706. The number of anilines is 1. The van der Waals surface area contributed by atoms with E-state index in [0.29, 0.717) is 17.4 Å². The van der Waals surface area contributed by atoms with Gasteiger partial charge in [0.15, 0.2) is 6.29 Å². The number of ether oxygens (including phenoxy) is 1. The molecule has 0 radical (unpaired) electrons. The van der Waals surface area contributed by atoms with E-state index in [9.17, 15) is 18.8 Å². The molecule has 0 fully saturated rings. The van der Waals surface area contributed by atoms with Gasteiger partial charge in [-0.25, -0.2) is 9.18 Å². The molecule has 2 aromatic carbocycles. The van der Waals surface area contributed by atoms with Gasteiger partial charge in [-0.05, 0) is 50.1 Å². The lowest BCUT2D eigenvalue weighted by atomic mass is 9.96. The maximum Gasteiger partial charge on any atom is 0.338 e. The van der Waals surface area contributed by atoms with Crippen LogP contribution in [0.15, 0.2) is 30.3 Å². The molecule has 0 saturated carbocycles. The van der Waals surface area contributed by atoms with E-state index in [-0.39, 0.29) is 29.0 Å². The van der Waals surface area contributed by atoms with E-state index in [1.807, 2.05) is 0 Å². The maximum atomic E-state index is 13.8. The number of aldehydes is 1. The van der Waals surface area contributed by atoms with Crippen molar-refractivity contribution in [2.75, 3.05) is 11.9 Å². The molecule has 0 aliphatic rings. The quantitative estimate of drug-likeness (QED) is 0.664. The van der Waals surface area contributed by atoms with Gasteiger partial charge in [0, 0.05) is 5.56 Å². The zero-order chi connectivity index (χ0) is 18.6. The van der Waals surface area contributed by atoms with E-state index >= 15 is 0 Å². The first kappa shape index (κ1) is 18.3. The van der Waals surface area contributed by atoms with Crippen LogP contribution in [0.5, 0.6) is 0 Å². The average Bonchev–Trinajstić information content (AvgIpc) is 2.57. The summed E-state index contributed by atoms with van der Waals surface area (Å²) in [5, 5.41) is 2.53. The fourth-order valence-electron chi connectivity index (χ4n) is 2.62. The molecule has 0 heterocycles. The Morgan fingerprint density at radius 2 is 1.92 bits per heavy atom. The largest absolute Gasteiger partial charge is 0.462 e. The minimum Gasteiger partial charge on any atom is -0.462 e. The van der Waals surface area contributed by atoms with Crippen LogP contribution in [0.25, 0.3) is 0 Å². The predicted octanol–water partition coefficient (Wildman–Crippen LogP) is 3.68. The summed E-state index contributed by atoms with van der Waals surface area (Å²) in [4.78, 5) is 35.9. The Morgan fingerprint density at radius 1 is 1.24 bits per heavy atom. The lowest BCUT2D eigenvalue weighted by Crippen LogP contribution is -2.18. The first-order valence-electron chi connectivity index (χ1n) is 7.73. The zero-order valence-corrected chi connectivity index (χ0v) is 14.2. The van der Waals surface area contributed by atoms with Gasteiger partial charge in [0.2, 0.25) is 0 Å². The first-order chi connectivity index (χ1) is 11.9. The van der Waals surface area contributed by atoms with Gasteiger partial charge in [-0.1, -0.05) is 12.1 Å². The molecule has 6 heteroatoms. The van der Waals surface area contributed by atoms with Gasteiger partial charge in [-0.2, -0.15) is 0 Å². The van der Waals surface area contributed by atoms with Crippen molar-refractivity contribution in [3.8, 4) is 0 Å². The van der Waals surface area contributed by atoms with Gasteiger partial charge in [-0.3, -0.25) is 9.59 Å². The van der Waals surface area contributed by atoms with Crippen LogP contribution in [0.4, 0.5) is 10.1 Å². The number of hydrogen-bond acceptors (Lipinski definition) is 4. The van der Waals surface area contributed by atoms with Crippen LogP contribution in [0.3, 0.4) is 0 Å². The molecule has 2 aromatic rings. The standard InChI is InChI=1S/C19H18FNO4/c1-4-25-19(24)16-11(2)9-13(10-22)17(12(16)3)21-18(23)14-7-5-6-8-15(14)20/h5-10H,4H2,1-3H3,(H,21,23). The van der Waals surface area contributed by atoms with Crippen molar-refractivity contribution >= 4 is 23.9 Å². The molecule has 25 heavy (non-hydrogen) atoms. The lowest BCUT2D eigenvalue weighted by Gasteiger charge is -2.17. The molecule has 0 bridgehead atoms. The third kappa shape index (κ3) is 3.74. The first-order valence-corrected chi connectivity index (χ1v) is 7.73. The number of carbonyl (C=O) groups is 3. The summed E-state index contributed by atoms with van der Waals surface area (Å²) in [5.74, 6) is -1.93. The van der Waals surface area contributed by atoms with Gasteiger partial charge in [-0.15, -0.1) is 0 Å². The normalized spacial score (nSPS) is 10.2. The molecule has 5 nitrogen and oxygen atoms in total. The topological polar surface area (TPSA) is 72.5 Å². The lowest BCUT2D eigenvalue weighted by molar-refractivity contribution is 0.0524. The fraction of sp³-hybridized carbons (Fsp3) is 0.211. The molecule has 0 saturated heterocycles. The number of esters is 1. The van der Waals surface area contributed by atoms with Gasteiger partial charge in [0.05, 0.1) is 23.4 Å². The Balaban J connectivity index is 2.51. The number of carbonyl (C=O) groups excluding carboxylic acids is 3. The number of aryl methyl sites for hydroxylation is 1. The Bertz CT molecular complexity index is 846. The fourth-order valence-corrected chi connectivity index (χ4v) is 2.62. The van der Waals surface area contributed by atoms with Crippen LogP contribution < -0.4 is 5.32 Å². The van der Waals surface area contributed by atoms with Crippen molar-refractivity contribution in [1.82, 2.24) is 0 Å². The summed E-state index contributed by atoms with van der Waals surface area (Å²) in [7, 11) is 0. The number of nitrogens with one attached hydrogen (secondary N) is 1. The molecule has 2 rings (SSSR count). The monoisotopic (exact) mass is 343 g/mol. The molecule has 1 N–H and O–H groups in total. The van der Waals surface area contributed by atoms with E-state index in [1.54, 1.807) is 20.8 Å². The average molecular weight is 343 g/mol. The summed E-state index contributed by atoms with van der Waals surface area (Å²) in [5.41, 5.74) is 1.44. The van der Waals surface area contributed by atoms with E-state index in [0.717, 1.165) is 0 Å². The van der Waals surface area contributed by atoms with Gasteiger partial charge < -0.3 is 10.1 Å². The summed E-state index contributed by atoms with van der Waals surface area (Å²) in [6.45, 7) is 5.16. The van der Waals surface area contributed by atoms with Crippen molar-refractivity contribution < 1.29 is 23.5 Å². The van der Waals surface area contributed by atoms with Crippen molar-refractivity contribution in [2.45, 2.75) is 20.8 Å². The third-order valence-corrected chi connectivity index (χ3v) is 3.77. The van der Waals surface area contributed by atoms with Crippen LogP contribution in [-0.4, -0.2) is 24.8 Å². The Labute approximate surface area is 144 Å². The van der Waals surface area contributed by atoms with Crippen molar-refractivity contribution in [3.63, 3.8) is 0 Å². The molecule has 0 aliphatic carbocycles. The van der Waals surface area contributed by atoms with Crippen LogP contribution in [0.1, 0.15) is 49.1 Å². The second-order valence-electron chi connectivity index (χ2n) is 5.43. The van der Waals surface area contributed by atoms with Crippen molar-refractivity contribution in [2.24, 2.45) is 0 Å². The summed E-state index contributed by atoms with van der Waals surface area (Å²) in [6.07, 6.45) is 0.575. The molecule has 0 spiro atoms. The van der Waals surface area contributed by atoms with Crippen molar-refractivity contribution in [1.29, 1.82) is 0 Å². The maximum absolute atomic E-state index is 13.8. The van der Waals surface area contributed by atoms with E-state index in [1.165, 1.54) is 30.3 Å². The number of halogens is 1. The highest BCUT2D eigenvalue weighted by atomic mass is 19.1. The SMILES string of the molecule is CCOC(=O)c1c(C)cc(C=O)c(NC(=O)c2ccccc2F)c1C. The summed E-state index contributed by atoms with van der Waals surface area (Å²) >= 11 is 0. The highest BCUT2D eigenvalue weighted by molar-refractivity contribution is 6.08. The van der Waals surface area contributed by atoms with Crippen LogP contribution in [-0.2, 0) is 4.74 Å².